The molecule has 0 unspecified atom stereocenters. The van der Waals surface area contributed by atoms with Gasteiger partial charge in [-0.05, 0) is 62.1 Å². The summed E-state index contributed by atoms with van der Waals surface area (Å²) in [4.78, 5) is 16.9. The Kier molecular flexibility index (Phi) is 5.82. The number of ether oxygens (including phenoxy) is 1. The van der Waals surface area contributed by atoms with Crippen molar-refractivity contribution in [2.75, 3.05) is 12.4 Å². The summed E-state index contributed by atoms with van der Waals surface area (Å²) in [6, 6.07) is 14.0. The third-order valence-corrected chi connectivity index (χ3v) is 5.59. The minimum Gasteiger partial charge on any atom is -0.496 e. The molecule has 0 aliphatic carbocycles. The van der Waals surface area contributed by atoms with Gasteiger partial charge in [-0.1, -0.05) is 29.8 Å². The number of pyridine rings is 1. The van der Waals surface area contributed by atoms with Gasteiger partial charge >= 0.3 is 0 Å². The first kappa shape index (κ1) is 21.4. The van der Waals surface area contributed by atoms with Crippen molar-refractivity contribution in [1.82, 2.24) is 4.98 Å². The smallest absolute Gasteiger partial charge is 0.249 e. The Morgan fingerprint density at radius 1 is 1.06 bits per heavy atom. The zero-order valence-corrected chi connectivity index (χ0v) is 18.9. The summed E-state index contributed by atoms with van der Waals surface area (Å²) in [5.41, 5.74) is 7.79. The molecule has 0 atom stereocenters. The molecule has 5 nitrogen and oxygen atoms in total. The van der Waals surface area contributed by atoms with E-state index < -0.39 is 0 Å². The molecule has 2 heterocycles. The average Bonchev–Trinajstić information content (AvgIpc) is 3.17. The van der Waals surface area contributed by atoms with Crippen molar-refractivity contribution in [2.24, 2.45) is 0 Å². The van der Waals surface area contributed by atoms with Gasteiger partial charge < -0.3 is 14.5 Å². The van der Waals surface area contributed by atoms with Crippen LogP contribution in [0.1, 0.15) is 29.2 Å². The fraction of sp³-hybridized carbons (Fsp3) is 0.185. The largest absolute Gasteiger partial charge is 0.496 e. The van der Waals surface area contributed by atoms with Gasteiger partial charge in [0.15, 0.2) is 0 Å². The van der Waals surface area contributed by atoms with E-state index in [1.807, 2.05) is 38.1 Å². The van der Waals surface area contributed by atoms with Crippen molar-refractivity contribution >= 4 is 28.3 Å². The normalized spacial score (nSPS) is 11.6. The van der Waals surface area contributed by atoms with Crippen molar-refractivity contribution < 1.29 is 13.9 Å². The highest BCUT2D eigenvalue weighted by molar-refractivity contribution is 6.05. The summed E-state index contributed by atoms with van der Waals surface area (Å²) in [5.74, 6) is 0.957. The SMILES string of the molecule is COc1cc2occ(-c3ccc(C)cc3C)c2cc1/C(C)=C/C(=O)Nc1ncccc1C. The Morgan fingerprint density at radius 2 is 1.88 bits per heavy atom. The van der Waals surface area contributed by atoms with Crippen LogP contribution in [0.3, 0.4) is 0 Å². The van der Waals surface area contributed by atoms with E-state index in [1.165, 1.54) is 11.1 Å². The number of benzene rings is 2. The molecule has 2 aromatic heterocycles. The molecule has 4 rings (SSSR count). The summed E-state index contributed by atoms with van der Waals surface area (Å²) in [5, 5.41) is 3.82. The quantitative estimate of drug-likeness (QED) is 0.371. The second kappa shape index (κ2) is 8.71. The molecule has 162 valence electrons. The predicted octanol–water partition coefficient (Wildman–Crippen LogP) is 6.47. The number of rotatable bonds is 5. The van der Waals surface area contributed by atoms with Crippen LogP contribution in [-0.2, 0) is 4.79 Å². The van der Waals surface area contributed by atoms with E-state index in [-0.39, 0.29) is 5.91 Å². The van der Waals surface area contributed by atoms with Crippen LogP contribution in [0.4, 0.5) is 5.82 Å². The number of fused-ring (bicyclic) bond motifs is 1. The molecule has 0 fully saturated rings. The van der Waals surface area contributed by atoms with Crippen LogP contribution in [0.15, 0.2) is 65.4 Å². The standard InChI is InChI=1S/C27H26N2O3/c1-16-8-9-20(18(3)11-16)23-15-32-25-14-24(31-5)21(13-22(23)25)19(4)12-26(30)29-27-17(2)7-6-10-28-27/h6-15H,1-5H3,(H,28,29,30)/b19-12+. The molecule has 32 heavy (non-hydrogen) atoms. The van der Waals surface area contributed by atoms with Gasteiger partial charge in [0.1, 0.15) is 17.2 Å². The lowest BCUT2D eigenvalue weighted by atomic mass is 9.96. The zero-order chi connectivity index (χ0) is 22.8. The predicted molar refractivity (Wildman–Crippen MR) is 129 cm³/mol. The van der Waals surface area contributed by atoms with Crippen LogP contribution in [-0.4, -0.2) is 18.0 Å². The van der Waals surface area contributed by atoms with E-state index in [4.69, 9.17) is 9.15 Å². The number of furan rings is 1. The first-order chi connectivity index (χ1) is 15.4. The zero-order valence-electron chi connectivity index (χ0n) is 18.9. The van der Waals surface area contributed by atoms with Crippen molar-refractivity contribution in [1.29, 1.82) is 0 Å². The molecule has 1 amide bonds. The molecule has 1 N–H and O–H groups in total. The summed E-state index contributed by atoms with van der Waals surface area (Å²) in [6.07, 6.45) is 5.00. The molecule has 0 saturated carbocycles. The average molecular weight is 427 g/mol. The number of allylic oxidation sites excluding steroid dienone is 1. The van der Waals surface area contributed by atoms with Crippen molar-refractivity contribution in [3.8, 4) is 16.9 Å². The van der Waals surface area contributed by atoms with E-state index in [1.54, 1.807) is 25.6 Å². The number of hydrogen-bond acceptors (Lipinski definition) is 4. The molecule has 5 heteroatoms. The molecule has 4 aromatic rings. The summed E-state index contributed by atoms with van der Waals surface area (Å²) < 4.78 is 11.5. The number of hydrogen-bond donors (Lipinski definition) is 1. The minimum atomic E-state index is -0.242. The Labute approximate surface area is 187 Å². The lowest BCUT2D eigenvalue weighted by Crippen LogP contribution is -2.11. The number of carbonyl (C=O) groups excluding carboxylic acids is 1. The number of nitrogens with one attached hydrogen (secondary N) is 1. The van der Waals surface area contributed by atoms with Gasteiger partial charge in [0.2, 0.25) is 5.91 Å². The monoisotopic (exact) mass is 426 g/mol. The Bertz CT molecular complexity index is 1350. The number of amides is 1. The molecule has 2 aromatic carbocycles. The van der Waals surface area contributed by atoms with Gasteiger partial charge in [-0.3, -0.25) is 4.79 Å². The van der Waals surface area contributed by atoms with E-state index >= 15 is 0 Å². The Hall–Kier alpha value is -3.86. The number of nitrogens with zero attached hydrogens (tertiary/aromatic N) is 1. The third kappa shape index (κ3) is 4.14. The Balaban J connectivity index is 1.75. The number of methoxy groups -OCH3 is 1. The van der Waals surface area contributed by atoms with Gasteiger partial charge in [0.05, 0.1) is 13.4 Å². The van der Waals surface area contributed by atoms with E-state index in [2.05, 4.69) is 42.3 Å². The minimum absolute atomic E-state index is 0.242. The lowest BCUT2D eigenvalue weighted by molar-refractivity contribution is -0.111. The van der Waals surface area contributed by atoms with Crippen LogP contribution in [0, 0.1) is 20.8 Å². The Morgan fingerprint density at radius 3 is 2.59 bits per heavy atom. The maximum atomic E-state index is 12.6. The molecule has 0 radical (unpaired) electrons. The van der Waals surface area contributed by atoms with Crippen LogP contribution < -0.4 is 10.1 Å². The highest BCUT2D eigenvalue weighted by Crippen LogP contribution is 2.38. The first-order valence-corrected chi connectivity index (χ1v) is 10.5. The number of anilines is 1. The van der Waals surface area contributed by atoms with Crippen molar-refractivity contribution in [3.05, 3.63) is 83.3 Å². The van der Waals surface area contributed by atoms with Crippen LogP contribution >= 0.6 is 0 Å². The number of aryl methyl sites for hydroxylation is 3. The van der Waals surface area contributed by atoms with Gasteiger partial charge in [0, 0.05) is 34.9 Å². The first-order valence-electron chi connectivity index (χ1n) is 10.5. The highest BCUT2D eigenvalue weighted by Gasteiger charge is 2.16. The van der Waals surface area contributed by atoms with Gasteiger partial charge in [0.25, 0.3) is 0 Å². The third-order valence-electron chi connectivity index (χ3n) is 5.59. The molecular formula is C27H26N2O3. The van der Waals surface area contributed by atoms with Crippen LogP contribution in [0.5, 0.6) is 5.75 Å². The second-order valence-electron chi connectivity index (χ2n) is 8.00. The number of aromatic nitrogens is 1. The topological polar surface area (TPSA) is 64.4 Å². The molecule has 0 bridgehead atoms. The fourth-order valence-corrected chi connectivity index (χ4v) is 3.90. The lowest BCUT2D eigenvalue weighted by Gasteiger charge is -2.11. The number of carbonyl (C=O) groups is 1. The maximum absolute atomic E-state index is 12.6. The molecular weight excluding hydrogens is 400 g/mol. The molecule has 0 aliphatic heterocycles. The van der Waals surface area contributed by atoms with Crippen LogP contribution in [0.25, 0.3) is 27.7 Å². The summed E-state index contributed by atoms with van der Waals surface area (Å²) in [7, 11) is 1.61. The van der Waals surface area contributed by atoms with E-state index in [9.17, 15) is 4.79 Å². The van der Waals surface area contributed by atoms with Crippen molar-refractivity contribution in [2.45, 2.75) is 27.7 Å². The molecule has 0 aliphatic rings. The second-order valence-corrected chi connectivity index (χ2v) is 8.00. The molecule has 0 saturated heterocycles. The van der Waals surface area contributed by atoms with E-state index in [0.717, 1.165) is 38.8 Å². The van der Waals surface area contributed by atoms with Gasteiger partial charge in [-0.2, -0.15) is 0 Å². The van der Waals surface area contributed by atoms with Crippen molar-refractivity contribution in [3.63, 3.8) is 0 Å². The maximum Gasteiger partial charge on any atom is 0.249 e. The summed E-state index contributed by atoms with van der Waals surface area (Å²) >= 11 is 0. The molecule has 0 spiro atoms. The fourth-order valence-electron chi connectivity index (χ4n) is 3.90. The van der Waals surface area contributed by atoms with Gasteiger partial charge in [-0.25, -0.2) is 4.98 Å². The van der Waals surface area contributed by atoms with Crippen LogP contribution in [0.2, 0.25) is 0 Å². The highest BCUT2D eigenvalue weighted by atomic mass is 16.5. The van der Waals surface area contributed by atoms with Gasteiger partial charge in [-0.15, -0.1) is 0 Å². The van der Waals surface area contributed by atoms with E-state index in [0.29, 0.717) is 11.6 Å². The summed E-state index contributed by atoms with van der Waals surface area (Å²) in [6.45, 7) is 7.98.